The average molecular weight is 408 g/mol. The molecular formula is C28H27N2O+. The summed E-state index contributed by atoms with van der Waals surface area (Å²) in [5.41, 5.74) is 8.10. The molecule has 0 spiro atoms. The Bertz CT molecular complexity index is 1450. The summed E-state index contributed by atoms with van der Waals surface area (Å²) in [6.07, 6.45) is 0.725. The van der Waals surface area contributed by atoms with E-state index in [-0.39, 0.29) is 5.41 Å². The molecule has 3 heteroatoms. The SMILES string of the molecule is Cc1cc2c3c(c(C)c(C)cc3c1)-c1c(cc3ccc(CC(C)(C)C#N)cc3[n+]1C)O2. The molecule has 0 atom stereocenters. The lowest BCUT2D eigenvalue weighted by Crippen LogP contribution is -2.34. The van der Waals surface area contributed by atoms with Crippen LogP contribution >= 0.6 is 0 Å². The van der Waals surface area contributed by atoms with Crippen LogP contribution < -0.4 is 9.30 Å². The van der Waals surface area contributed by atoms with Gasteiger partial charge in [0.05, 0.1) is 22.4 Å². The molecule has 0 amide bonds. The highest BCUT2D eigenvalue weighted by Gasteiger charge is 2.32. The van der Waals surface area contributed by atoms with Crippen molar-refractivity contribution >= 4 is 21.7 Å². The van der Waals surface area contributed by atoms with Gasteiger partial charge >= 0.3 is 0 Å². The van der Waals surface area contributed by atoms with Crippen molar-refractivity contribution in [2.24, 2.45) is 12.5 Å². The maximum Gasteiger partial charge on any atom is 0.256 e. The van der Waals surface area contributed by atoms with Gasteiger partial charge in [0.15, 0.2) is 5.75 Å². The summed E-state index contributed by atoms with van der Waals surface area (Å²) in [5, 5.41) is 13.0. The lowest BCUT2D eigenvalue weighted by atomic mass is 9.87. The Balaban J connectivity index is 1.83. The van der Waals surface area contributed by atoms with Crippen LogP contribution in [-0.2, 0) is 13.5 Å². The molecule has 0 aliphatic carbocycles. The third-order valence-electron chi connectivity index (χ3n) is 6.58. The van der Waals surface area contributed by atoms with Gasteiger partial charge in [0.25, 0.3) is 5.69 Å². The summed E-state index contributed by atoms with van der Waals surface area (Å²) < 4.78 is 8.74. The van der Waals surface area contributed by atoms with Crippen LogP contribution in [0.3, 0.4) is 0 Å². The van der Waals surface area contributed by atoms with Crippen LogP contribution in [0.15, 0.2) is 42.5 Å². The van der Waals surface area contributed by atoms with Crippen molar-refractivity contribution in [2.75, 3.05) is 0 Å². The highest BCUT2D eigenvalue weighted by molar-refractivity contribution is 6.05. The number of ether oxygens (including phenoxy) is 1. The topological polar surface area (TPSA) is 36.9 Å². The molecule has 0 saturated carbocycles. The largest absolute Gasteiger partial charge is 0.450 e. The Kier molecular flexibility index (Phi) is 4.14. The molecule has 2 heterocycles. The summed E-state index contributed by atoms with van der Waals surface area (Å²) in [4.78, 5) is 0. The van der Waals surface area contributed by atoms with Gasteiger partial charge in [0, 0.05) is 17.5 Å². The maximum atomic E-state index is 9.46. The van der Waals surface area contributed by atoms with Gasteiger partial charge in [0.2, 0.25) is 5.52 Å². The van der Waals surface area contributed by atoms with E-state index < -0.39 is 0 Å². The lowest BCUT2D eigenvalue weighted by molar-refractivity contribution is -0.633. The van der Waals surface area contributed by atoms with E-state index in [0.717, 1.165) is 34.5 Å². The number of pyridine rings is 1. The van der Waals surface area contributed by atoms with Crippen molar-refractivity contribution in [3.8, 4) is 28.8 Å². The van der Waals surface area contributed by atoms with Crippen LogP contribution in [0.25, 0.3) is 32.9 Å². The first-order chi connectivity index (χ1) is 14.7. The summed E-state index contributed by atoms with van der Waals surface area (Å²) >= 11 is 0. The Morgan fingerprint density at radius 3 is 2.48 bits per heavy atom. The fourth-order valence-electron chi connectivity index (χ4n) is 4.91. The molecule has 3 nitrogen and oxygen atoms in total. The van der Waals surface area contributed by atoms with E-state index >= 15 is 0 Å². The highest BCUT2D eigenvalue weighted by atomic mass is 16.5. The summed E-state index contributed by atoms with van der Waals surface area (Å²) in [5.74, 6) is 1.83. The minimum absolute atomic E-state index is 0.389. The fourth-order valence-corrected chi connectivity index (χ4v) is 4.91. The van der Waals surface area contributed by atoms with Gasteiger partial charge in [-0.1, -0.05) is 18.2 Å². The first kappa shape index (κ1) is 19.6. The monoisotopic (exact) mass is 407 g/mol. The Morgan fingerprint density at radius 1 is 0.968 bits per heavy atom. The van der Waals surface area contributed by atoms with Gasteiger partial charge in [0.1, 0.15) is 12.8 Å². The number of hydrogen-bond donors (Lipinski definition) is 0. The van der Waals surface area contributed by atoms with E-state index in [1.807, 2.05) is 13.8 Å². The van der Waals surface area contributed by atoms with Gasteiger partial charge in [-0.3, -0.25) is 0 Å². The molecule has 0 radical (unpaired) electrons. The second-order valence-corrected chi connectivity index (χ2v) is 9.64. The molecule has 0 unspecified atom stereocenters. The number of aromatic nitrogens is 1. The predicted octanol–water partition coefficient (Wildman–Crippen LogP) is 6.61. The molecule has 3 aromatic carbocycles. The van der Waals surface area contributed by atoms with Crippen LogP contribution in [0.5, 0.6) is 11.5 Å². The quantitative estimate of drug-likeness (QED) is 0.309. The number of benzene rings is 3. The third-order valence-corrected chi connectivity index (χ3v) is 6.58. The summed E-state index contributed by atoms with van der Waals surface area (Å²) in [7, 11) is 2.12. The van der Waals surface area contributed by atoms with E-state index in [0.29, 0.717) is 0 Å². The fraction of sp³-hybridized carbons (Fsp3) is 0.286. The molecular weight excluding hydrogens is 380 g/mol. The summed E-state index contributed by atoms with van der Waals surface area (Å²) in [6.45, 7) is 10.5. The molecule has 5 rings (SSSR count). The Morgan fingerprint density at radius 2 is 1.74 bits per heavy atom. The Hall–Kier alpha value is -3.38. The van der Waals surface area contributed by atoms with Crippen LogP contribution in [0.2, 0.25) is 0 Å². The van der Waals surface area contributed by atoms with Crippen molar-refractivity contribution < 1.29 is 9.30 Å². The minimum atomic E-state index is -0.389. The highest BCUT2D eigenvalue weighted by Crippen LogP contribution is 2.48. The first-order valence-electron chi connectivity index (χ1n) is 10.8. The second-order valence-electron chi connectivity index (χ2n) is 9.64. The van der Waals surface area contributed by atoms with Crippen LogP contribution in [0.4, 0.5) is 0 Å². The molecule has 4 aromatic rings. The number of nitriles is 1. The molecule has 154 valence electrons. The number of nitrogens with zero attached hydrogens (tertiary/aromatic N) is 2. The second kappa shape index (κ2) is 6.56. The van der Waals surface area contributed by atoms with Gasteiger partial charge in [-0.05, 0) is 80.8 Å². The van der Waals surface area contributed by atoms with Crippen molar-refractivity contribution in [1.29, 1.82) is 5.26 Å². The van der Waals surface area contributed by atoms with E-state index in [4.69, 9.17) is 4.74 Å². The zero-order valence-electron chi connectivity index (χ0n) is 19.1. The zero-order valence-corrected chi connectivity index (χ0v) is 19.1. The smallest absolute Gasteiger partial charge is 0.256 e. The van der Waals surface area contributed by atoms with E-state index in [1.54, 1.807) is 0 Å². The molecule has 1 aromatic heterocycles. The van der Waals surface area contributed by atoms with E-state index in [1.165, 1.54) is 38.6 Å². The lowest BCUT2D eigenvalue weighted by Gasteiger charge is -2.23. The maximum absolute atomic E-state index is 9.46. The molecule has 0 fully saturated rings. The van der Waals surface area contributed by atoms with Gasteiger partial charge in [-0.2, -0.15) is 9.83 Å². The third kappa shape index (κ3) is 2.98. The van der Waals surface area contributed by atoms with Crippen LogP contribution in [0, 0.1) is 37.5 Å². The zero-order chi connectivity index (χ0) is 22.1. The van der Waals surface area contributed by atoms with Crippen molar-refractivity contribution in [2.45, 2.75) is 41.0 Å². The normalized spacial score (nSPS) is 12.5. The molecule has 1 aliphatic rings. The first-order valence-corrected chi connectivity index (χ1v) is 10.8. The summed E-state index contributed by atoms with van der Waals surface area (Å²) in [6, 6.07) is 17.7. The van der Waals surface area contributed by atoms with Crippen molar-refractivity contribution in [3.05, 3.63) is 64.7 Å². The van der Waals surface area contributed by atoms with Crippen LogP contribution in [-0.4, -0.2) is 0 Å². The molecule has 0 bridgehead atoms. The Labute approximate surface area is 183 Å². The van der Waals surface area contributed by atoms with Crippen molar-refractivity contribution in [3.63, 3.8) is 0 Å². The molecule has 0 N–H and O–H groups in total. The number of fused-ring (bicyclic) bond motifs is 3. The average Bonchev–Trinajstić information content (AvgIpc) is 2.71. The van der Waals surface area contributed by atoms with Gasteiger partial charge in [-0.25, -0.2) is 0 Å². The van der Waals surface area contributed by atoms with Gasteiger partial charge in [-0.15, -0.1) is 0 Å². The van der Waals surface area contributed by atoms with Crippen molar-refractivity contribution in [1.82, 2.24) is 0 Å². The number of rotatable bonds is 2. The van der Waals surface area contributed by atoms with E-state index in [2.05, 4.69) is 80.9 Å². The molecule has 31 heavy (non-hydrogen) atoms. The van der Waals surface area contributed by atoms with Crippen LogP contribution in [0.1, 0.15) is 36.1 Å². The molecule has 1 aliphatic heterocycles. The minimum Gasteiger partial charge on any atom is -0.450 e. The number of aryl methyl sites for hydroxylation is 3. The van der Waals surface area contributed by atoms with Gasteiger partial charge < -0.3 is 4.74 Å². The predicted molar refractivity (Wildman–Crippen MR) is 125 cm³/mol. The standard InChI is InChI=1S/C28H27N2O/c1-16-9-21-11-17(2)18(3)25-26(21)23(10-16)31-24-13-20-8-7-19(14-28(4,5)15-29)12-22(20)30(6)27(24)25/h7-13H,14H2,1-6H3/q+1. The number of hydrogen-bond acceptors (Lipinski definition) is 2. The molecule has 0 saturated heterocycles. The van der Waals surface area contributed by atoms with E-state index in [9.17, 15) is 5.26 Å².